The van der Waals surface area contributed by atoms with Crippen LogP contribution in [0.25, 0.3) is 11.2 Å². The Hall–Kier alpha value is -2.83. The Morgan fingerprint density at radius 3 is 2.37 bits per heavy atom. The molecule has 0 aliphatic heterocycles. The lowest BCUT2D eigenvalue weighted by Crippen LogP contribution is -2.40. The standard InChI is InChI=1S/C20H26N4O3/c1-4-6-12-24-19(25)17-18(23(11-5-2)20(24)26)21-14-22(17)13-15-7-9-16(27-3)10-8-15/h7-10,14H,4-6,11-13H2,1-3H3. The first-order chi connectivity index (χ1) is 13.1. The highest BCUT2D eigenvalue weighted by atomic mass is 16.5. The first-order valence-corrected chi connectivity index (χ1v) is 9.42. The van der Waals surface area contributed by atoms with Crippen LogP contribution in [0.1, 0.15) is 38.7 Å². The Labute approximate surface area is 157 Å². The molecule has 0 radical (unpaired) electrons. The topological polar surface area (TPSA) is 71.0 Å². The number of hydrogen-bond donors (Lipinski definition) is 0. The summed E-state index contributed by atoms with van der Waals surface area (Å²) in [5.41, 5.74) is 1.45. The second-order valence-corrected chi connectivity index (χ2v) is 6.64. The number of rotatable bonds is 8. The van der Waals surface area contributed by atoms with Crippen LogP contribution >= 0.6 is 0 Å². The molecule has 27 heavy (non-hydrogen) atoms. The molecule has 144 valence electrons. The van der Waals surface area contributed by atoms with Gasteiger partial charge in [0.15, 0.2) is 11.2 Å². The van der Waals surface area contributed by atoms with Crippen LogP contribution in [0.4, 0.5) is 0 Å². The van der Waals surface area contributed by atoms with Gasteiger partial charge in [-0.2, -0.15) is 0 Å². The normalized spacial score (nSPS) is 11.2. The van der Waals surface area contributed by atoms with Crippen molar-refractivity contribution in [1.82, 2.24) is 18.7 Å². The highest BCUT2D eigenvalue weighted by Crippen LogP contribution is 2.15. The average Bonchev–Trinajstić information content (AvgIpc) is 3.09. The summed E-state index contributed by atoms with van der Waals surface area (Å²) in [5, 5.41) is 0. The zero-order chi connectivity index (χ0) is 19.4. The maximum absolute atomic E-state index is 13.1. The van der Waals surface area contributed by atoms with Gasteiger partial charge < -0.3 is 9.30 Å². The van der Waals surface area contributed by atoms with Gasteiger partial charge in [0.05, 0.1) is 13.4 Å². The lowest BCUT2D eigenvalue weighted by molar-refractivity contribution is 0.414. The van der Waals surface area contributed by atoms with Gasteiger partial charge in [0, 0.05) is 19.6 Å². The minimum absolute atomic E-state index is 0.262. The number of imidazole rings is 1. The first kappa shape index (κ1) is 18.9. The van der Waals surface area contributed by atoms with Gasteiger partial charge in [-0.25, -0.2) is 9.78 Å². The molecule has 0 aliphatic rings. The molecule has 0 aliphatic carbocycles. The van der Waals surface area contributed by atoms with Crippen LogP contribution in [0.5, 0.6) is 5.75 Å². The third kappa shape index (κ3) is 3.67. The molecule has 0 unspecified atom stereocenters. The number of ether oxygens (including phenoxy) is 1. The third-order valence-corrected chi connectivity index (χ3v) is 4.68. The Morgan fingerprint density at radius 1 is 1.00 bits per heavy atom. The van der Waals surface area contributed by atoms with Gasteiger partial charge in [-0.15, -0.1) is 0 Å². The van der Waals surface area contributed by atoms with E-state index < -0.39 is 0 Å². The van der Waals surface area contributed by atoms with Crippen LogP contribution in [0.15, 0.2) is 40.2 Å². The zero-order valence-corrected chi connectivity index (χ0v) is 16.1. The molecular formula is C20H26N4O3. The van der Waals surface area contributed by atoms with Crippen LogP contribution < -0.4 is 16.0 Å². The van der Waals surface area contributed by atoms with E-state index >= 15 is 0 Å². The predicted molar refractivity (Wildman–Crippen MR) is 106 cm³/mol. The van der Waals surface area contributed by atoms with Gasteiger partial charge >= 0.3 is 5.69 Å². The highest BCUT2D eigenvalue weighted by Gasteiger charge is 2.17. The number of hydrogen-bond acceptors (Lipinski definition) is 4. The maximum atomic E-state index is 13.1. The van der Waals surface area contributed by atoms with Crippen LogP contribution in [0.2, 0.25) is 0 Å². The number of unbranched alkanes of at least 4 members (excludes halogenated alkanes) is 1. The summed E-state index contributed by atoms with van der Waals surface area (Å²) in [6.45, 7) is 5.53. The number of nitrogens with zero attached hydrogens (tertiary/aromatic N) is 4. The largest absolute Gasteiger partial charge is 0.497 e. The first-order valence-electron chi connectivity index (χ1n) is 9.42. The van der Waals surface area contributed by atoms with Crippen molar-refractivity contribution in [2.75, 3.05) is 7.11 Å². The molecule has 1 aromatic carbocycles. The second-order valence-electron chi connectivity index (χ2n) is 6.64. The van der Waals surface area contributed by atoms with Crippen LogP contribution in [-0.2, 0) is 19.6 Å². The Kier molecular flexibility index (Phi) is 5.78. The molecule has 2 aromatic heterocycles. The molecule has 2 heterocycles. The molecule has 3 aromatic rings. The highest BCUT2D eigenvalue weighted by molar-refractivity contribution is 5.70. The van der Waals surface area contributed by atoms with Crippen molar-refractivity contribution in [2.24, 2.45) is 0 Å². The number of aromatic nitrogens is 4. The maximum Gasteiger partial charge on any atom is 0.332 e. The van der Waals surface area contributed by atoms with Crippen molar-refractivity contribution in [2.45, 2.75) is 52.7 Å². The van der Waals surface area contributed by atoms with E-state index in [1.54, 1.807) is 18.0 Å². The summed E-state index contributed by atoms with van der Waals surface area (Å²) in [7, 11) is 1.63. The van der Waals surface area contributed by atoms with Gasteiger partial charge in [0.1, 0.15) is 5.75 Å². The summed E-state index contributed by atoms with van der Waals surface area (Å²) in [5.74, 6) is 0.785. The molecule has 0 atom stereocenters. The molecule has 0 N–H and O–H groups in total. The molecular weight excluding hydrogens is 344 g/mol. The molecule has 7 heteroatoms. The number of aryl methyl sites for hydroxylation is 1. The molecule has 3 rings (SSSR count). The smallest absolute Gasteiger partial charge is 0.332 e. The van der Waals surface area contributed by atoms with E-state index in [9.17, 15) is 9.59 Å². The summed E-state index contributed by atoms with van der Waals surface area (Å²) >= 11 is 0. The lowest BCUT2D eigenvalue weighted by atomic mass is 10.2. The summed E-state index contributed by atoms with van der Waals surface area (Å²) in [6.07, 6.45) is 4.15. The number of fused-ring (bicyclic) bond motifs is 1. The van der Waals surface area contributed by atoms with Crippen molar-refractivity contribution in [3.8, 4) is 5.75 Å². The molecule has 0 saturated heterocycles. The minimum Gasteiger partial charge on any atom is -0.497 e. The molecule has 7 nitrogen and oxygen atoms in total. The average molecular weight is 370 g/mol. The van der Waals surface area contributed by atoms with Gasteiger partial charge in [0.2, 0.25) is 0 Å². The minimum atomic E-state index is -0.266. The van der Waals surface area contributed by atoms with E-state index in [4.69, 9.17) is 4.74 Å². The Balaban J connectivity index is 2.12. The SMILES string of the molecule is CCCCn1c(=O)c2c(ncn2Cc2ccc(OC)cc2)n(CCC)c1=O. The van der Waals surface area contributed by atoms with Crippen molar-refractivity contribution in [3.63, 3.8) is 0 Å². The van der Waals surface area contributed by atoms with E-state index in [0.717, 1.165) is 30.6 Å². The summed E-state index contributed by atoms with van der Waals surface area (Å²) in [4.78, 5) is 30.3. The fraction of sp³-hybridized carbons (Fsp3) is 0.450. The van der Waals surface area contributed by atoms with Crippen molar-refractivity contribution >= 4 is 11.2 Å². The van der Waals surface area contributed by atoms with Gasteiger partial charge in [0.25, 0.3) is 5.56 Å². The van der Waals surface area contributed by atoms with E-state index in [1.807, 2.05) is 42.7 Å². The van der Waals surface area contributed by atoms with E-state index in [0.29, 0.717) is 30.8 Å². The predicted octanol–water partition coefficient (Wildman–Crippen LogP) is 2.63. The molecule has 0 bridgehead atoms. The number of benzene rings is 1. The Bertz CT molecular complexity index is 1030. The number of methoxy groups -OCH3 is 1. The van der Waals surface area contributed by atoms with Gasteiger partial charge in [-0.1, -0.05) is 32.4 Å². The van der Waals surface area contributed by atoms with Crippen LogP contribution in [-0.4, -0.2) is 25.8 Å². The third-order valence-electron chi connectivity index (χ3n) is 4.68. The summed E-state index contributed by atoms with van der Waals surface area (Å²) < 4.78 is 10.00. The second kappa shape index (κ2) is 8.24. The molecule has 0 fully saturated rings. The van der Waals surface area contributed by atoms with E-state index in [1.165, 1.54) is 4.57 Å². The quantitative estimate of drug-likeness (QED) is 0.611. The summed E-state index contributed by atoms with van der Waals surface area (Å²) in [6, 6.07) is 7.70. The van der Waals surface area contributed by atoms with Gasteiger partial charge in [-0.3, -0.25) is 13.9 Å². The lowest BCUT2D eigenvalue weighted by Gasteiger charge is -2.12. The van der Waals surface area contributed by atoms with Crippen molar-refractivity contribution < 1.29 is 4.74 Å². The van der Waals surface area contributed by atoms with Crippen molar-refractivity contribution in [3.05, 3.63) is 57.0 Å². The van der Waals surface area contributed by atoms with E-state index in [-0.39, 0.29) is 11.2 Å². The van der Waals surface area contributed by atoms with Crippen LogP contribution in [0.3, 0.4) is 0 Å². The monoisotopic (exact) mass is 370 g/mol. The van der Waals surface area contributed by atoms with E-state index in [2.05, 4.69) is 4.98 Å². The Morgan fingerprint density at radius 2 is 1.74 bits per heavy atom. The van der Waals surface area contributed by atoms with Gasteiger partial charge in [-0.05, 0) is 30.5 Å². The fourth-order valence-electron chi connectivity index (χ4n) is 3.22. The fourth-order valence-corrected chi connectivity index (χ4v) is 3.22. The molecule has 0 saturated carbocycles. The zero-order valence-electron chi connectivity index (χ0n) is 16.1. The molecule has 0 amide bonds. The van der Waals surface area contributed by atoms with Crippen LogP contribution in [0, 0.1) is 0 Å². The van der Waals surface area contributed by atoms with Crippen molar-refractivity contribution in [1.29, 1.82) is 0 Å². The molecule has 0 spiro atoms.